The van der Waals surface area contributed by atoms with Crippen LogP contribution < -0.4 is 10.1 Å². The monoisotopic (exact) mass is 478 g/mol. The van der Waals surface area contributed by atoms with Crippen molar-refractivity contribution in [3.05, 3.63) is 125 Å². The number of benzene rings is 2. The van der Waals surface area contributed by atoms with Crippen LogP contribution in [-0.2, 0) is 26.1 Å². The third kappa shape index (κ3) is 6.56. The molecule has 0 aliphatic heterocycles. The highest BCUT2D eigenvalue weighted by Crippen LogP contribution is 2.33. The minimum atomic E-state index is 0.306. The lowest BCUT2D eigenvalue weighted by molar-refractivity contribution is 0.136. The van der Waals surface area contributed by atoms with Crippen molar-refractivity contribution in [2.75, 3.05) is 13.2 Å². The number of rotatable bonds is 11. The number of aromatic nitrogens is 2. The number of hydrogen-bond donors (Lipinski definition) is 1. The van der Waals surface area contributed by atoms with Gasteiger partial charge in [-0.25, -0.2) is 0 Å². The average molecular weight is 479 g/mol. The van der Waals surface area contributed by atoms with E-state index in [2.05, 4.69) is 57.7 Å². The predicted octanol–water partition coefficient (Wildman–Crippen LogP) is 5.73. The highest BCUT2D eigenvalue weighted by Gasteiger charge is 2.27. The number of nitrogens with zero attached hydrogens (tertiary/aromatic N) is 3. The average Bonchev–Trinajstić information content (AvgIpc) is 2.94. The van der Waals surface area contributed by atoms with E-state index in [0.29, 0.717) is 12.6 Å². The van der Waals surface area contributed by atoms with Gasteiger partial charge in [-0.2, -0.15) is 0 Å². The molecule has 36 heavy (non-hydrogen) atoms. The van der Waals surface area contributed by atoms with Crippen molar-refractivity contribution in [1.29, 1.82) is 0 Å². The van der Waals surface area contributed by atoms with Crippen LogP contribution >= 0.6 is 0 Å². The highest BCUT2D eigenvalue weighted by molar-refractivity contribution is 5.27. The molecule has 1 atom stereocenters. The maximum Gasteiger partial charge on any atom is 0.119 e. The Morgan fingerprint density at radius 3 is 2.58 bits per heavy atom. The first-order valence-corrected chi connectivity index (χ1v) is 12.9. The standard InChI is InChI=1S/C31H34N4O/c1-2-14-29(15-3-1)36-20-19-35(30-16-7-11-27-12-8-18-34-31(27)30)24-26-10-6-9-25(21-26)22-32-23-28-13-4-5-17-33-28/h1-6,8-10,12-15,17-18,21,30,32H,7,11,16,19-20,22-24H2. The van der Waals surface area contributed by atoms with Crippen molar-refractivity contribution in [1.82, 2.24) is 20.2 Å². The molecular weight excluding hydrogens is 444 g/mol. The summed E-state index contributed by atoms with van der Waals surface area (Å²) in [6.07, 6.45) is 7.21. The van der Waals surface area contributed by atoms with Gasteiger partial charge < -0.3 is 10.1 Å². The predicted molar refractivity (Wildman–Crippen MR) is 143 cm³/mol. The second-order valence-corrected chi connectivity index (χ2v) is 9.33. The number of ether oxygens (including phenoxy) is 1. The fourth-order valence-corrected chi connectivity index (χ4v) is 4.99. The molecule has 1 aliphatic carbocycles. The first-order valence-electron chi connectivity index (χ1n) is 12.9. The Balaban J connectivity index is 1.27. The number of para-hydroxylation sites is 1. The van der Waals surface area contributed by atoms with E-state index in [0.717, 1.165) is 50.5 Å². The van der Waals surface area contributed by atoms with Crippen molar-refractivity contribution >= 4 is 0 Å². The number of pyridine rings is 2. The Morgan fingerprint density at radius 1 is 0.833 bits per heavy atom. The first-order chi connectivity index (χ1) is 17.8. The van der Waals surface area contributed by atoms with Gasteiger partial charge in [0.15, 0.2) is 0 Å². The number of hydrogen-bond acceptors (Lipinski definition) is 5. The molecule has 1 N–H and O–H groups in total. The zero-order valence-electron chi connectivity index (χ0n) is 20.7. The van der Waals surface area contributed by atoms with Crippen molar-refractivity contribution in [2.24, 2.45) is 0 Å². The summed E-state index contributed by atoms with van der Waals surface area (Å²) in [7, 11) is 0. The second-order valence-electron chi connectivity index (χ2n) is 9.33. The first kappa shape index (κ1) is 24.2. The van der Waals surface area contributed by atoms with E-state index < -0.39 is 0 Å². The van der Waals surface area contributed by atoms with E-state index in [9.17, 15) is 0 Å². The Kier molecular flexibility index (Phi) is 8.34. The molecule has 1 aliphatic rings. The fraction of sp³-hybridized carbons (Fsp3) is 0.290. The summed E-state index contributed by atoms with van der Waals surface area (Å²) in [6.45, 7) is 3.94. The molecule has 5 nitrogen and oxygen atoms in total. The summed E-state index contributed by atoms with van der Waals surface area (Å²) in [5.74, 6) is 0.917. The van der Waals surface area contributed by atoms with Crippen molar-refractivity contribution in [3.8, 4) is 5.75 Å². The van der Waals surface area contributed by atoms with Crippen LogP contribution in [0.3, 0.4) is 0 Å². The number of aryl methyl sites for hydroxylation is 1. The van der Waals surface area contributed by atoms with Crippen molar-refractivity contribution < 1.29 is 4.74 Å². The molecule has 0 fully saturated rings. The summed E-state index contributed by atoms with van der Waals surface area (Å²) in [5.41, 5.74) is 6.27. The molecule has 5 rings (SSSR count). The molecule has 0 amide bonds. The van der Waals surface area contributed by atoms with Gasteiger partial charge in [0, 0.05) is 38.6 Å². The van der Waals surface area contributed by atoms with E-state index in [1.165, 1.54) is 28.8 Å². The second kappa shape index (κ2) is 12.4. The Morgan fingerprint density at radius 2 is 1.69 bits per heavy atom. The third-order valence-electron chi connectivity index (χ3n) is 6.74. The van der Waals surface area contributed by atoms with Gasteiger partial charge in [0.25, 0.3) is 0 Å². The summed E-state index contributed by atoms with van der Waals surface area (Å²) >= 11 is 0. The van der Waals surface area contributed by atoms with Gasteiger partial charge in [-0.1, -0.05) is 54.6 Å². The SMILES string of the molecule is c1ccc(OCCN(Cc2cccc(CNCc3ccccn3)c2)C2CCCc3cccnc32)cc1. The maximum atomic E-state index is 6.09. The molecular formula is C31H34N4O. The zero-order valence-corrected chi connectivity index (χ0v) is 20.7. The van der Waals surface area contributed by atoms with Crippen LogP contribution in [0.1, 0.15) is 47.0 Å². The Bertz CT molecular complexity index is 1220. The van der Waals surface area contributed by atoms with Crippen molar-refractivity contribution in [2.45, 2.75) is 44.9 Å². The summed E-state index contributed by atoms with van der Waals surface area (Å²) in [6, 6.07) is 29.6. The molecule has 1 unspecified atom stereocenters. The van der Waals surface area contributed by atoms with E-state index in [4.69, 9.17) is 9.72 Å². The van der Waals surface area contributed by atoms with Gasteiger partial charge in [0.05, 0.1) is 17.4 Å². The van der Waals surface area contributed by atoms with E-state index in [1.807, 2.05) is 54.9 Å². The van der Waals surface area contributed by atoms with Crippen LogP contribution in [0, 0.1) is 0 Å². The largest absolute Gasteiger partial charge is 0.492 e. The zero-order chi connectivity index (χ0) is 24.4. The Labute approximate surface area is 214 Å². The molecule has 2 aromatic heterocycles. The summed E-state index contributed by atoms with van der Waals surface area (Å²) in [5, 5.41) is 3.52. The van der Waals surface area contributed by atoms with Gasteiger partial charge in [-0.15, -0.1) is 0 Å². The van der Waals surface area contributed by atoms with E-state index >= 15 is 0 Å². The lowest BCUT2D eigenvalue weighted by Crippen LogP contribution is -2.35. The van der Waals surface area contributed by atoms with Crippen LogP contribution in [0.2, 0.25) is 0 Å². The highest BCUT2D eigenvalue weighted by atomic mass is 16.5. The molecule has 0 saturated carbocycles. The quantitative estimate of drug-likeness (QED) is 0.299. The van der Waals surface area contributed by atoms with Crippen LogP contribution in [0.25, 0.3) is 0 Å². The van der Waals surface area contributed by atoms with E-state index in [-0.39, 0.29) is 0 Å². The molecule has 4 aromatic rings. The molecule has 0 radical (unpaired) electrons. The topological polar surface area (TPSA) is 50.3 Å². The number of fused-ring (bicyclic) bond motifs is 1. The Hall–Kier alpha value is -3.54. The third-order valence-corrected chi connectivity index (χ3v) is 6.74. The molecule has 0 bridgehead atoms. The van der Waals surface area contributed by atoms with Gasteiger partial charge >= 0.3 is 0 Å². The summed E-state index contributed by atoms with van der Waals surface area (Å²) < 4.78 is 6.09. The van der Waals surface area contributed by atoms with Crippen LogP contribution in [0.4, 0.5) is 0 Å². The molecule has 2 aromatic carbocycles. The lowest BCUT2D eigenvalue weighted by atomic mass is 9.90. The summed E-state index contributed by atoms with van der Waals surface area (Å²) in [4.78, 5) is 11.8. The smallest absolute Gasteiger partial charge is 0.119 e. The minimum absolute atomic E-state index is 0.306. The van der Waals surface area contributed by atoms with Crippen LogP contribution in [0.15, 0.2) is 97.3 Å². The lowest BCUT2D eigenvalue weighted by Gasteiger charge is -2.35. The fourth-order valence-electron chi connectivity index (χ4n) is 4.99. The van der Waals surface area contributed by atoms with Gasteiger partial charge in [0.1, 0.15) is 12.4 Å². The van der Waals surface area contributed by atoms with Crippen molar-refractivity contribution in [3.63, 3.8) is 0 Å². The van der Waals surface area contributed by atoms with Crippen LogP contribution in [0.5, 0.6) is 5.75 Å². The molecule has 184 valence electrons. The van der Waals surface area contributed by atoms with Crippen LogP contribution in [-0.4, -0.2) is 28.0 Å². The van der Waals surface area contributed by atoms with Gasteiger partial charge in [-0.3, -0.25) is 14.9 Å². The van der Waals surface area contributed by atoms with Gasteiger partial charge in [-0.05, 0) is 66.3 Å². The normalized spacial score (nSPS) is 15.0. The number of nitrogens with one attached hydrogen (secondary N) is 1. The minimum Gasteiger partial charge on any atom is -0.492 e. The maximum absolute atomic E-state index is 6.09. The van der Waals surface area contributed by atoms with Gasteiger partial charge in [0.2, 0.25) is 0 Å². The molecule has 0 spiro atoms. The van der Waals surface area contributed by atoms with E-state index in [1.54, 1.807) is 0 Å². The molecule has 2 heterocycles. The molecule has 0 saturated heterocycles. The molecule has 5 heteroatoms.